The highest BCUT2D eigenvalue weighted by Crippen LogP contribution is 2.30. The van der Waals surface area contributed by atoms with E-state index < -0.39 is 12.3 Å². The van der Waals surface area contributed by atoms with Gasteiger partial charge < -0.3 is 0 Å². The molecule has 1 unspecified atom stereocenters. The maximum Gasteiger partial charge on any atom is 0.178 e. The van der Waals surface area contributed by atoms with Crippen LogP contribution in [0.2, 0.25) is 0 Å². The molecule has 0 heterocycles. The highest BCUT2D eigenvalue weighted by atomic mass is 19.2. The zero-order chi connectivity index (χ0) is 5.28. The second-order valence-corrected chi connectivity index (χ2v) is 1.81. The largest absolute Gasteiger partial charge is 0.244 e. The van der Waals surface area contributed by atoms with Crippen molar-refractivity contribution in [1.29, 1.82) is 0 Å². The molecule has 0 aromatic carbocycles. The van der Waals surface area contributed by atoms with Crippen molar-refractivity contribution in [3.63, 3.8) is 0 Å². The van der Waals surface area contributed by atoms with Crippen LogP contribution < -0.4 is 0 Å². The van der Waals surface area contributed by atoms with Crippen LogP contribution in [0.15, 0.2) is 0 Å². The predicted octanol–water partition coefficient (Wildman–Crippen LogP) is 2.01. The predicted molar refractivity (Wildman–Crippen MR) is 23.1 cm³/mol. The van der Waals surface area contributed by atoms with Crippen molar-refractivity contribution in [3.8, 4) is 0 Å². The fourth-order valence-corrected chi connectivity index (χ4v) is 0.763. The first-order valence-corrected chi connectivity index (χ1v) is 2.46. The summed E-state index contributed by atoms with van der Waals surface area (Å²) in [6, 6.07) is 0. The SMILES string of the molecule is F[C]1CCCC1F. The molecule has 41 valence electrons. The van der Waals surface area contributed by atoms with E-state index in [1.807, 2.05) is 0 Å². The van der Waals surface area contributed by atoms with Crippen molar-refractivity contribution in [3.05, 3.63) is 6.17 Å². The summed E-state index contributed by atoms with van der Waals surface area (Å²) in [7, 11) is 0. The molecular weight excluding hydrogens is 98.1 g/mol. The third kappa shape index (κ3) is 0.898. The minimum absolute atomic E-state index is 0.348. The minimum Gasteiger partial charge on any atom is -0.244 e. The van der Waals surface area contributed by atoms with Crippen LogP contribution >= 0.6 is 0 Å². The Morgan fingerprint density at radius 2 is 2.29 bits per heavy atom. The van der Waals surface area contributed by atoms with Gasteiger partial charge in [-0.2, -0.15) is 0 Å². The summed E-state index contributed by atoms with van der Waals surface area (Å²) in [4.78, 5) is 0. The van der Waals surface area contributed by atoms with E-state index in [0.29, 0.717) is 19.3 Å². The van der Waals surface area contributed by atoms with Crippen LogP contribution in [-0.2, 0) is 0 Å². The summed E-state index contributed by atoms with van der Waals surface area (Å²) >= 11 is 0. The van der Waals surface area contributed by atoms with Crippen LogP contribution in [0.5, 0.6) is 0 Å². The molecule has 0 N–H and O–H groups in total. The van der Waals surface area contributed by atoms with Crippen LogP contribution in [0.25, 0.3) is 0 Å². The average Bonchev–Trinajstić information content (AvgIpc) is 1.91. The van der Waals surface area contributed by atoms with E-state index in [0.717, 1.165) is 0 Å². The van der Waals surface area contributed by atoms with Gasteiger partial charge in [0.25, 0.3) is 0 Å². The van der Waals surface area contributed by atoms with Gasteiger partial charge >= 0.3 is 0 Å². The number of halogens is 2. The number of alkyl halides is 1. The molecule has 1 atom stereocenters. The lowest BCUT2D eigenvalue weighted by atomic mass is 10.3. The molecule has 0 amide bonds. The van der Waals surface area contributed by atoms with Gasteiger partial charge in [0.15, 0.2) is 6.17 Å². The number of hydrogen-bond acceptors (Lipinski definition) is 0. The first-order chi connectivity index (χ1) is 3.30. The van der Waals surface area contributed by atoms with Crippen LogP contribution in [0.1, 0.15) is 19.3 Å². The summed E-state index contributed by atoms with van der Waals surface area (Å²) in [5.41, 5.74) is 0. The molecule has 0 aliphatic heterocycles. The van der Waals surface area contributed by atoms with Crippen LogP contribution in [0.4, 0.5) is 8.78 Å². The van der Waals surface area contributed by atoms with Crippen LogP contribution in [0, 0.1) is 6.17 Å². The van der Waals surface area contributed by atoms with Gasteiger partial charge in [-0.05, 0) is 19.3 Å². The molecule has 1 radical (unpaired) electrons. The third-order valence-electron chi connectivity index (χ3n) is 1.21. The smallest absolute Gasteiger partial charge is 0.178 e. The van der Waals surface area contributed by atoms with Gasteiger partial charge in [0.05, 0.1) is 0 Å². The monoisotopic (exact) mass is 105 g/mol. The summed E-state index contributed by atoms with van der Waals surface area (Å²) in [5.74, 6) is 0. The molecule has 1 fully saturated rings. The van der Waals surface area contributed by atoms with Gasteiger partial charge in [0.1, 0.15) is 6.17 Å². The molecule has 7 heavy (non-hydrogen) atoms. The average molecular weight is 105 g/mol. The molecule has 0 spiro atoms. The van der Waals surface area contributed by atoms with Crippen molar-refractivity contribution < 1.29 is 8.78 Å². The third-order valence-corrected chi connectivity index (χ3v) is 1.21. The lowest BCUT2D eigenvalue weighted by Crippen LogP contribution is -1.97. The van der Waals surface area contributed by atoms with Gasteiger partial charge in [-0.3, -0.25) is 0 Å². The fraction of sp³-hybridized carbons (Fsp3) is 0.800. The first-order valence-electron chi connectivity index (χ1n) is 2.46. The summed E-state index contributed by atoms with van der Waals surface area (Å²) < 4.78 is 23.8. The summed E-state index contributed by atoms with van der Waals surface area (Å²) in [6.07, 6.45) is -0.264. The highest BCUT2D eigenvalue weighted by Gasteiger charge is 2.27. The summed E-state index contributed by atoms with van der Waals surface area (Å²) in [6.45, 7) is 0. The second-order valence-electron chi connectivity index (χ2n) is 1.81. The Morgan fingerprint density at radius 3 is 2.43 bits per heavy atom. The van der Waals surface area contributed by atoms with Crippen LogP contribution in [-0.4, -0.2) is 6.17 Å². The standard InChI is InChI=1S/C5H7F2/c6-4-2-1-3-5(4)7/h4H,1-3H2. The van der Waals surface area contributed by atoms with Gasteiger partial charge in [0.2, 0.25) is 0 Å². The molecule has 0 saturated heterocycles. The van der Waals surface area contributed by atoms with E-state index in [9.17, 15) is 8.78 Å². The molecule has 2 heteroatoms. The zero-order valence-corrected chi connectivity index (χ0v) is 3.95. The Bertz CT molecular complexity index is 55.1. The molecule has 0 bridgehead atoms. The Kier molecular flexibility index (Phi) is 1.26. The van der Waals surface area contributed by atoms with E-state index in [2.05, 4.69) is 0 Å². The van der Waals surface area contributed by atoms with Crippen molar-refractivity contribution in [2.24, 2.45) is 0 Å². The molecular formula is C5H7F2. The quantitative estimate of drug-likeness (QED) is 0.442. The van der Waals surface area contributed by atoms with E-state index in [1.54, 1.807) is 0 Å². The van der Waals surface area contributed by atoms with E-state index in [1.165, 1.54) is 0 Å². The number of hydrogen-bond donors (Lipinski definition) is 0. The molecule has 0 aromatic rings. The lowest BCUT2D eigenvalue weighted by molar-refractivity contribution is 0.285. The molecule has 1 aliphatic carbocycles. The maximum atomic E-state index is 11.9. The normalized spacial score (nSPS) is 34.3. The van der Waals surface area contributed by atoms with Gasteiger partial charge in [-0.25, -0.2) is 8.78 Å². The Balaban J connectivity index is 2.33. The number of rotatable bonds is 0. The first kappa shape index (κ1) is 5.01. The topological polar surface area (TPSA) is 0 Å². The molecule has 1 rings (SSSR count). The minimum atomic E-state index is -1.24. The fourth-order valence-electron chi connectivity index (χ4n) is 0.763. The molecule has 0 aromatic heterocycles. The Labute approximate surface area is 41.5 Å². The van der Waals surface area contributed by atoms with Crippen molar-refractivity contribution in [1.82, 2.24) is 0 Å². The van der Waals surface area contributed by atoms with Crippen molar-refractivity contribution in [2.75, 3.05) is 0 Å². The van der Waals surface area contributed by atoms with E-state index in [-0.39, 0.29) is 0 Å². The Hall–Kier alpha value is -0.140. The van der Waals surface area contributed by atoms with Gasteiger partial charge in [0, 0.05) is 0 Å². The summed E-state index contributed by atoms with van der Waals surface area (Å²) in [5, 5.41) is 0. The second kappa shape index (κ2) is 1.76. The van der Waals surface area contributed by atoms with Gasteiger partial charge in [-0.1, -0.05) is 0 Å². The zero-order valence-electron chi connectivity index (χ0n) is 3.95. The lowest BCUT2D eigenvalue weighted by Gasteiger charge is -1.95. The van der Waals surface area contributed by atoms with E-state index >= 15 is 0 Å². The van der Waals surface area contributed by atoms with Crippen molar-refractivity contribution >= 4 is 0 Å². The van der Waals surface area contributed by atoms with Crippen LogP contribution in [0.3, 0.4) is 0 Å². The van der Waals surface area contributed by atoms with E-state index in [4.69, 9.17) is 0 Å². The van der Waals surface area contributed by atoms with Crippen molar-refractivity contribution in [2.45, 2.75) is 25.4 Å². The molecule has 1 saturated carbocycles. The molecule has 0 nitrogen and oxygen atoms in total. The van der Waals surface area contributed by atoms with Gasteiger partial charge in [-0.15, -0.1) is 0 Å². The highest BCUT2D eigenvalue weighted by molar-refractivity contribution is 4.91. The molecule has 1 aliphatic rings. The Morgan fingerprint density at radius 1 is 1.57 bits per heavy atom. The maximum absolute atomic E-state index is 11.9.